The fourth-order valence-corrected chi connectivity index (χ4v) is 3.42. The highest BCUT2D eigenvalue weighted by molar-refractivity contribution is 5.84. The molecule has 2 saturated heterocycles. The molecular formula is C17H27N3O4. The van der Waals surface area contributed by atoms with E-state index in [1.165, 1.54) is 17.7 Å². The van der Waals surface area contributed by atoms with Gasteiger partial charge in [0.1, 0.15) is 13.2 Å². The van der Waals surface area contributed by atoms with Gasteiger partial charge in [-0.15, -0.1) is 0 Å². The van der Waals surface area contributed by atoms with E-state index >= 15 is 0 Å². The highest BCUT2D eigenvalue weighted by atomic mass is 16.6. The molecule has 7 nitrogen and oxygen atoms in total. The van der Waals surface area contributed by atoms with Crippen LogP contribution in [0.4, 0.5) is 4.79 Å². The topological polar surface area (TPSA) is 70.2 Å². The van der Waals surface area contributed by atoms with Gasteiger partial charge in [-0.05, 0) is 24.7 Å². The maximum absolute atomic E-state index is 12.6. The van der Waals surface area contributed by atoms with Gasteiger partial charge in [-0.2, -0.15) is 0 Å². The molecular weight excluding hydrogens is 310 g/mol. The van der Waals surface area contributed by atoms with E-state index in [1.807, 2.05) is 4.90 Å². The summed E-state index contributed by atoms with van der Waals surface area (Å²) in [6.45, 7) is 6.85. The van der Waals surface area contributed by atoms with Crippen LogP contribution < -0.4 is 0 Å². The van der Waals surface area contributed by atoms with Crippen molar-refractivity contribution in [1.82, 2.24) is 14.7 Å². The Hall–Kier alpha value is -1.79. The second kappa shape index (κ2) is 6.99. The Labute approximate surface area is 142 Å². The van der Waals surface area contributed by atoms with Crippen molar-refractivity contribution >= 4 is 17.9 Å². The lowest BCUT2D eigenvalue weighted by molar-refractivity contribution is -0.134. The highest BCUT2D eigenvalue weighted by Crippen LogP contribution is 2.32. The van der Waals surface area contributed by atoms with Gasteiger partial charge >= 0.3 is 6.09 Å². The van der Waals surface area contributed by atoms with Gasteiger partial charge in [-0.25, -0.2) is 4.79 Å². The summed E-state index contributed by atoms with van der Waals surface area (Å²) >= 11 is 0. The molecule has 3 amide bonds. The number of cyclic esters (lactones) is 1. The lowest BCUT2D eigenvalue weighted by atomic mass is 10.0. The Kier molecular flexibility index (Phi) is 4.96. The Balaban J connectivity index is 1.66. The molecule has 3 fully saturated rings. The van der Waals surface area contributed by atoms with Crippen LogP contribution >= 0.6 is 0 Å². The summed E-state index contributed by atoms with van der Waals surface area (Å²) in [5.74, 6) is 0.978. The normalized spacial score (nSPS) is 25.3. The van der Waals surface area contributed by atoms with Crippen LogP contribution in [-0.2, 0) is 14.3 Å². The number of ether oxygens (including phenoxy) is 1. The molecule has 3 rings (SSSR count). The van der Waals surface area contributed by atoms with Crippen molar-refractivity contribution in [2.75, 3.05) is 39.3 Å². The van der Waals surface area contributed by atoms with Gasteiger partial charge in [0.05, 0.1) is 12.6 Å². The highest BCUT2D eigenvalue weighted by Gasteiger charge is 2.37. The smallest absolute Gasteiger partial charge is 0.410 e. The fourth-order valence-electron chi connectivity index (χ4n) is 3.42. The minimum Gasteiger partial charge on any atom is -0.448 e. The van der Waals surface area contributed by atoms with Crippen molar-refractivity contribution in [2.45, 2.75) is 39.2 Å². The van der Waals surface area contributed by atoms with Gasteiger partial charge < -0.3 is 14.5 Å². The summed E-state index contributed by atoms with van der Waals surface area (Å²) in [4.78, 5) is 41.9. The van der Waals surface area contributed by atoms with Gasteiger partial charge in [0.25, 0.3) is 0 Å². The monoisotopic (exact) mass is 337 g/mol. The van der Waals surface area contributed by atoms with E-state index in [4.69, 9.17) is 4.74 Å². The fraction of sp³-hybridized carbons (Fsp3) is 0.824. The number of hydrogen-bond acceptors (Lipinski definition) is 4. The molecule has 0 aromatic carbocycles. The lowest BCUT2D eigenvalue weighted by Gasteiger charge is -2.35. The van der Waals surface area contributed by atoms with Crippen LogP contribution in [0.2, 0.25) is 0 Å². The van der Waals surface area contributed by atoms with E-state index in [-0.39, 0.29) is 30.3 Å². The Bertz CT molecular complexity index is 518. The first-order valence-electron chi connectivity index (χ1n) is 8.94. The van der Waals surface area contributed by atoms with Crippen LogP contribution in [-0.4, -0.2) is 78.0 Å². The zero-order valence-electron chi connectivity index (χ0n) is 14.6. The molecule has 0 aromatic rings. The molecule has 2 heterocycles. The predicted molar refractivity (Wildman–Crippen MR) is 87.2 cm³/mol. The van der Waals surface area contributed by atoms with Crippen molar-refractivity contribution in [3.8, 4) is 0 Å². The quantitative estimate of drug-likeness (QED) is 0.748. The van der Waals surface area contributed by atoms with Crippen molar-refractivity contribution in [3.05, 3.63) is 0 Å². The zero-order valence-corrected chi connectivity index (χ0v) is 14.6. The summed E-state index contributed by atoms with van der Waals surface area (Å²) in [7, 11) is 0. The van der Waals surface area contributed by atoms with E-state index in [0.717, 1.165) is 6.54 Å². The summed E-state index contributed by atoms with van der Waals surface area (Å²) in [6.07, 6.45) is 2.35. The molecule has 1 atom stereocenters. The molecule has 0 bridgehead atoms. The average molecular weight is 337 g/mol. The number of rotatable bonds is 5. The molecule has 1 aliphatic carbocycles. The van der Waals surface area contributed by atoms with Crippen LogP contribution in [0.25, 0.3) is 0 Å². The molecule has 0 radical (unpaired) electrons. The van der Waals surface area contributed by atoms with Crippen LogP contribution in [0, 0.1) is 11.8 Å². The summed E-state index contributed by atoms with van der Waals surface area (Å²) < 4.78 is 4.88. The molecule has 0 spiro atoms. The molecule has 0 unspecified atom stereocenters. The molecule has 3 aliphatic rings. The number of carbonyl (C=O) groups excluding carboxylic acids is 3. The summed E-state index contributed by atoms with van der Waals surface area (Å²) in [5, 5.41) is 0. The molecule has 0 aromatic heterocycles. The summed E-state index contributed by atoms with van der Waals surface area (Å²) in [6, 6.07) is 0.0510. The van der Waals surface area contributed by atoms with Crippen molar-refractivity contribution in [2.24, 2.45) is 11.8 Å². The largest absolute Gasteiger partial charge is 0.448 e. The average Bonchev–Trinajstić information content (AvgIpc) is 3.29. The molecule has 1 saturated carbocycles. The van der Waals surface area contributed by atoms with Crippen LogP contribution in [0.1, 0.15) is 33.1 Å². The predicted octanol–water partition coefficient (Wildman–Crippen LogP) is 0.934. The number of amides is 3. The third-order valence-corrected chi connectivity index (χ3v) is 5.17. The molecule has 7 heteroatoms. The van der Waals surface area contributed by atoms with Crippen molar-refractivity contribution < 1.29 is 19.1 Å². The number of nitrogens with zero attached hydrogens (tertiary/aromatic N) is 3. The maximum atomic E-state index is 12.6. The van der Waals surface area contributed by atoms with Gasteiger partial charge in [-0.3, -0.25) is 14.5 Å². The lowest BCUT2D eigenvalue weighted by Crippen LogP contribution is -2.49. The Morgan fingerprint density at radius 3 is 2.58 bits per heavy atom. The van der Waals surface area contributed by atoms with Gasteiger partial charge in [0.15, 0.2) is 0 Å². The van der Waals surface area contributed by atoms with Crippen LogP contribution in [0.15, 0.2) is 0 Å². The Morgan fingerprint density at radius 1 is 1.25 bits per heavy atom. The first kappa shape index (κ1) is 17.0. The summed E-state index contributed by atoms with van der Waals surface area (Å²) in [5.41, 5.74) is 0. The minimum atomic E-state index is -0.426. The third kappa shape index (κ3) is 3.82. The van der Waals surface area contributed by atoms with Gasteiger partial charge in [-0.1, -0.05) is 13.8 Å². The standard InChI is InChI=1S/C17H27N3O4/c1-12(2)14-10-18(16(22)11-19-7-8-24-17(19)23)6-5-15(21)20(14)9-13-3-4-13/h12-14H,3-11H2,1-2H3/t14-/m1/s1. The van der Waals surface area contributed by atoms with E-state index in [1.54, 1.807) is 4.90 Å². The van der Waals surface area contributed by atoms with E-state index in [9.17, 15) is 14.4 Å². The first-order chi connectivity index (χ1) is 11.5. The van der Waals surface area contributed by atoms with E-state index in [0.29, 0.717) is 38.6 Å². The van der Waals surface area contributed by atoms with E-state index in [2.05, 4.69) is 13.8 Å². The van der Waals surface area contributed by atoms with Gasteiger partial charge in [0, 0.05) is 26.1 Å². The third-order valence-electron chi connectivity index (χ3n) is 5.17. The molecule has 2 aliphatic heterocycles. The molecule has 24 heavy (non-hydrogen) atoms. The van der Waals surface area contributed by atoms with Gasteiger partial charge in [0.2, 0.25) is 11.8 Å². The molecule has 134 valence electrons. The molecule has 0 N–H and O–H groups in total. The second-order valence-electron chi connectivity index (χ2n) is 7.43. The van der Waals surface area contributed by atoms with Crippen molar-refractivity contribution in [3.63, 3.8) is 0 Å². The Morgan fingerprint density at radius 2 is 2.00 bits per heavy atom. The van der Waals surface area contributed by atoms with Crippen molar-refractivity contribution in [1.29, 1.82) is 0 Å². The zero-order chi connectivity index (χ0) is 17.3. The van der Waals surface area contributed by atoms with Crippen LogP contribution in [0.3, 0.4) is 0 Å². The van der Waals surface area contributed by atoms with Crippen LogP contribution in [0.5, 0.6) is 0 Å². The second-order valence-corrected chi connectivity index (χ2v) is 7.43. The SMILES string of the molecule is CC(C)[C@H]1CN(C(=O)CN2CCOC2=O)CCC(=O)N1CC1CC1. The first-order valence-corrected chi connectivity index (χ1v) is 8.94. The number of hydrogen-bond donors (Lipinski definition) is 0. The maximum Gasteiger partial charge on any atom is 0.410 e. The van der Waals surface area contributed by atoms with E-state index < -0.39 is 6.09 Å². The number of carbonyl (C=O) groups is 3. The minimum absolute atomic E-state index is 0.0421.